The van der Waals surface area contributed by atoms with E-state index in [-0.39, 0.29) is 0 Å². The van der Waals surface area contributed by atoms with Crippen molar-refractivity contribution in [2.45, 2.75) is 6.04 Å². The van der Waals surface area contributed by atoms with Gasteiger partial charge in [-0.25, -0.2) is 4.79 Å². The van der Waals surface area contributed by atoms with Crippen LogP contribution in [0, 0.1) is 0 Å². The van der Waals surface area contributed by atoms with Gasteiger partial charge in [-0.2, -0.15) is 0 Å². The molecule has 0 saturated heterocycles. The Labute approximate surface area is 86.5 Å². The highest BCUT2D eigenvalue weighted by Crippen LogP contribution is 2.21. The molecular weight excluding hydrogens is 196 g/mol. The molecule has 0 radical (unpaired) electrons. The zero-order valence-electron chi connectivity index (χ0n) is 7.83. The second-order valence-corrected chi connectivity index (χ2v) is 3.05. The third-order valence-electron chi connectivity index (χ3n) is 2.08. The number of aliphatic carboxylic acids is 1. The van der Waals surface area contributed by atoms with Gasteiger partial charge in [0.15, 0.2) is 6.04 Å². The lowest BCUT2D eigenvalue weighted by atomic mass is 10.1. The van der Waals surface area contributed by atoms with Crippen molar-refractivity contribution in [3.63, 3.8) is 0 Å². The van der Waals surface area contributed by atoms with Gasteiger partial charge in [0.1, 0.15) is 6.26 Å². The van der Waals surface area contributed by atoms with E-state index in [9.17, 15) is 4.79 Å². The van der Waals surface area contributed by atoms with Crippen LogP contribution in [0.5, 0.6) is 0 Å². The molecule has 78 valence electrons. The Kier molecular flexibility index (Phi) is 2.55. The summed E-state index contributed by atoms with van der Waals surface area (Å²) >= 11 is 0. The first kappa shape index (κ1) is 9.54. The summed E-state index contributed by atoms with van der Waals surface area (Å²) in [5.41, 5.74) is 3.17. The lowest BCUT2D eigenvalue weighted by molar-refractivity contribution is -0.146. The van der Waals surface area contributed by atoms with Gasteiger partial charge in [0.25, 0.3) is 0 Å². The summed E-state index contributed by atoms with van der Waals surface area (Å²) in [6, 6.07) is 8.16. The number of rotatable bonds is 3. The van der Waals surface area contributed by atoms with Crippen molar-refractivity contribution < 1.29 is 14.7 Å². The minimum absolute atomic E-state index is 0.688. The van der Waals surface area contributed by atoms with E-state index in [2.05, 4.69) is 5.59 Å². The summed E-state index contributed by atoms with van der Waals surface area (Å²) in [6.45, 7) is 0. The maximum absolute atomic E-state index is 11.1. The maximum atomic E-state index is 11.1. The van der Waals surface area contributed by atoms with E-state index in [1.165, 1.54) is 17.5 Å². The SMILES string of the molecule is O=C(O)C(c1ccccc1)N1C=CON1. The van der Waals surface area contributed by atoms with Crippen molar-refractivity contribution in [1.29, 1.82) is 0 Å². The number of nitrogens with zero attached hydrogens (tertiary/aromatic N) is 1. The largest absolute Gasteiger partial charge is 0.479 e. The van der Waals surface area contributed by atoms with E-state index in [1.54, 1.807) is 24.3 Å². The minimum Gasteiger partial charge on any atom is -0.479 e. The summed E-state index contributed by atoms with van der Waals surface area (Å²) in [5, 5.41) is 10.5. The smallest absolute Gasteiger partial charge is 0.332 e. The van der Waals surface area contributed by atoms with Crippen LogP contribution in [-0.2, 0) is 9.63 Å². The van der Waals surface area contributed by atoms with Crippen molar-refractivity contribution in [2.75, 3.05) is 0 Å². The lowest BCUT2D eigenvalue weighted by Crippen LogP contribution is -2.36. The summed E-state index contributed by atoms with van der Waals surface area (Å²) in [5.74, 6) is -0.941. The lowest BCUT2D eigenvalue weighted by Gasteiger charge is -2.22. The molecule has 1 aliphatic rings. The first-order valence-corrected chi connectivity index (χ1v) is 4.43. The fourth-order valence-electron chi connectivity index (χ4n) is 1.41. The van der Waals surface area contributed by atoms with Gasteiger partial charge < -0.3 is 9.94 Å². The number of carbonyl (C=O) groups is 1. The van der Waals surface area contributed by atoms with E-state index >= 15 is 0 Å². The average Bonchev–Trinajstić information content (AvgIpc) is 2.72. The molecule has 5 heteroatoms. The van der Waals surface area contributed by atoms with Crippen LogP contribution in [0.3, 0.4) is 0 Å². The Morgan fingerprint density at radius 1 is 1.40 bits per heavy atom. The van der Waals surface area contributed by atoms with Crippen molar-refractivity contribution >= 4 is 5.97 Å². The molecule has 1 atom stereocenters. The molecule has 1 heterocycles. The molecule has 2 rings (SSSR count). The number of hydrazine groups is 1. The van der Waals surface area contributed by atoms with E-state index in [4.69, 9.17) is 9.94 Å². The monoisotopic (exact) mass is 206 g/mol. The molecule has 0 amide bonds. The van der Waals surface area contributed by atoms with Crippen LogP contribution in [-0.4, -0.2) is 16.1 Å². The first-order valence-electron chi connectivity index (χ1n) is 4.43. The molecular formula is C10H10N2O3. The van der Waals surface area contributed by atoms with Crippen molar-refractivity contribution in [2.24, 2.45) is 0 Å². The van der Waals surface area contributed by atoms with Gasteiger partial charge in [0, 0.05) is 0 Å². The number of hydrogen-bond acceptors (Lipinski definition) is 4. The number of nitrogens with one attached hydrogen (secondary N) is 1. The van der Waals surface area contributed by atoms with Gasteiger partial charge in [-0.15, -0.1) is 0 Å². The highest BCUT2D eigenvalue weighted by Gasteiger charge is 2.27. The molecule has 0 bridgehead atoms. The standard InChI is InChI=1S/C10H10N2O3/c13-10(14)9(12-6-7-15-11-12)8-4-2-1-3-5-8/h1-7,9,11H,(H,13,14). The van der Waals surface area contributed by atoms with Crippen LogP contribution >= 0.6 is 0 Å². The molecule has 1 aromatic carbocycles. The molecule has 0 saturated carbocycles. The highest BCUT2D eigenvalue weighted by atomic mass is 16.7. The topological polar surface area (TPSA) is 61.8 Å². The van der Waals surface area contributed by atoms with E-state index in [1.807, 2.05) is 6.07 Å². The molecule has 15 heavy (non-hydrogen) atoms. The quantitative estimate of drug-likeness (QED) is 0.773. The Hall–Kier alpha value is -2.01. The van der Waals surface area contributed by atoms with Crippen molar-refractivity contribution in [3.8, 4) is 0 Å². The molecule has 1 aliphatic heterocycles. The van der Waals surface area contributed by atoms with Gasteiger partial charge in [0.05, 0.1) is 6.20 Å². The Balaban J connectivity index is 2.27. The molecule has 5 nitrogen and oxygen atoms in total. The predicted octanol–water partition coefficient (Wildman–Crippen LogP) is 1.04. The summed E-state index contributed by atoms with van der Waals surface area (Å²) < 4.78 is 0. The third kappa shape index (κ3) is 1.92. The van der Waals surface area contributed by atoms with Crippen molar-refractivity contribution in [1.82, 2.24) is 10.6 Å². The zero-order chi connectivity index (χ0) is 10.7. The molecule has 0 fully saturated rings. The van der Waals surface area contributed by atoms with Crippen LogP contribution in [0.1, 0.15) is 11.6 Å². The molecule has 0 spiro atoms. The zero-order valence-corrected chi connectivity index (χ0v) is 7.83. The van der Waals surface area contributed by atoms with Crippen LogP contribution in [0.25, 0.3) is 0 Å². The third-order valence-corrected chi connectivity index (χ3v) is 2.08. The van der Waals surface area contributed by atoms with Crippen LogP contribution in [0.4, 0.5) is 0 Å². The van der Waals surface area contributed by atoms with Crippen LogP contribution in [0.15, 0.2) is 42.8 Å². The van der Waals surface area contributed by atoms with E-state index in [0.29, 0.717) is 5.56 Å². The maximum Gasteiger partial charge on any atom is 0.332 e. The van der Waals surface area contributed by atoms with E-state index < -0.39 is 12.0 Å². The minimum atomic E-state index is -0.941. The highest BCUT2D eigenvalue weighted by molar-refractivity contribution is 5.75. The predicted molar refractivity (Wildman–Crippen MR) is 52.0 cm³/mol. The molecule has 2 N–H and O–H groups in total. The van der Waals surface area contributed by atoms with Crippen LogP contribution < -0.4 is 5.59 Å². The molecule has 1 unspecified atom stereocenters. The Morgan fingerprint density at radius 3 is 2.67 bits per heavy atom. The second-order valence-electron chi connectivity index (χ2n) is 3.05. The van der Waals surface area contributed by atoms with E-state index in [0.717, 1.165) is 0 Å². The second kappa shape index (κ2) is 4.02. The van der Waals surface area contributed by atoms with Gasteiger partial charge in [-0.05, 0) is 5.56 Å². The average molecular weight is 206 g/mol. The fourth-order valence-corrected chi connectivity index (χ4v) is 1.41. The molecule has 0 aromatic heterocycles. The van der Waals surface area contributed by atoms with Crippen molar-refractivity contribution in [3.05, 3.63) is 48.4 Å². The summed E-state index contributed by atoms with van der Waals surface area (Å²) in [4.78, 5) is 15.9. The molecule has 1 aromatic rings. The number of carboxylic acids is 1. The van der Waals surface area contributed by atoms with Gasteiger partial charge in [0.2, 0.25) is 0 Å². The first-order chi connectivity index (χ1) is 7.29. The Morgan fingerprint density at radius 2 is 2.13 bits per heavy atom. The van der Waals surface area contributed by atoms with Gasteiger partial charge in [-0.1, -0.05) is 35.9 Å². The normalized spacial score (nSPS) is 16.1. The summed E-state index contributed by atoms with van der Waals surface area (Å²) in [7, 11) is 0. The molecule has 0 aliphatic carbocycles. The number of benzene rings is 1. The van der Waals surface area contributed by atoms with Gasteiger partial charge in [-0.3, -0.25) is 5.01 Å². The Bertz CT molecular complexity index is 378. The van der Waals surface area contributed by atoms with Gasteiger partial charge >= 0.3 is 5.97 Å². The summed E-state index contributed by atoms with van der Waals surface area (Å²) in [6.07, 6.45) is 2.92. The fraction of sp³-hybridized carbons (Fsp3) is 0.100. The number of hydrogen-bond donors (Lipinski definition) is 2. The van der Waals surface area contributed by atoms with Crippen LogP contribution in [0.2, 0.25) is 0 Å². The number of carboxylic acid groups (broad SMARTS) is 1.